The predicted molar refractivity (Wildman–Crippen MR) is 54.4 cm³/mol. The summed E-state index contributed by atoms with van der Waals surface area (Å²) in [5.41, 5.74) is 0.120. The Labute approximate surface area is 77.5 Å². The average molecular weight is 172 g/mol. The summed E-state index contributed by atoms with van der Waals surface area (Å²) in [5, 5.41) is 0. The third-order valence-electron chi connectivity index (χ3n) is 2.73. The van der Waals surface area contributed by atoms with Gasteiger partial charge < -0.3 is 4.74 Å². The molecular formula is C11H24O. The minimum absolute atomic E-state index is 0.120. The van der Waals surface area contributed by atoms with Gasteiger partial charge in [-0.1, -0.05) is 33.6 Å². The highest BCUT2D eigenvalue weighted by molar-refractivity contribution is 4.72. The van der Waals surface area contributed by atoms with Gasteiger partial charge in [-0.25, -0.2) is 0 Å². The number of ether oxygens (including phenoxy) is 1. The highest BCUT2D eigenvalue weighted by atomic mass is 16.5. The van der Waals surface area contributed by atoms with Crippen LogP contribution in [0.4, 0.5) is 0 Å². The Kier molecular flexibility index (Phi) is 5.56. The summed E-state index contributed by atoms with van der Waals surface area (Å²) in [5.74, 6) is 0.822. The number of methoxy groups -OCH3 is 1. The minimum atomic E-state index is 0.120. The van der Waals surface area contributed by atoms with Crippen molar-refractivity contribution >= 4 is 0 Å². The van der Waals surface area contributed by atoms with Crippen LogP contribution in [0.1, 0.15) is 53.4 Å². The number of rotatable bonds is 6. The Bertz CT molecular complexity index is 104. The van der Waals surface area contributed by atoms with Gasteiger partial charge in [0, 0.05) is 7.11 Å². The Morgan fingerprint density at radius 3 is 2.25 bits per heavy atom. The molecule has 1 nitrogen and oxygen atoms in total. The lowest BCUT2D eigenvalue weighted by Crippen LogP contribution is -2.25. The molecule has 0 heterocycles. The molecule has 1 atom stereocenters. The fourth-order valence-corrected chi connectivity index (χ4v) is 1.31. The second-order valence-electron chi connectivity index (χ2n) is 4.29. The summed E-state index contributed by atoms with van der Waals surface area (Å²) in [7, 11) is 1.82. The van der Waals surface area contributed by atoms with Crippen LogP contribution in [0.3, 0.4) is 0 Å². The molecule has 0 bridgehead atoms. The first-order valence-corrected chi connectivity index (χ1v) is 5.09. The smallest absolute Gasteiger partial charge is 0.0648 e. The monoisotopic (exact) mass is 172 g/mol. The van der Waals surface area contributed by atoms with Gasteiger partial charge in [0.1, 0.15) is 0 Å². The molecule has 0 fully saturated rings. The Balaban J connectivity index is 3.58. The molecule has 0 saturated carbocycles. The lowest BCUT2D eigenvalue weighted by atomic mass is 9.93. The Morgan fingerprint density at radius 2 is 1.92 bits per heavy atom. The van der Waals surface area contributed by atoms with Crippen molar-refractivity contribution in [1.29, 1.82) is 0 Å². The maximum atomic E-state index is 5.47. The zero-order valence-corrected chi connectivity index (χ0v) is 9.31. The van der Waals surface area contributed by atoms with Gasteiger partial charge in [-0.3, -0.25) is 0 Å². The number of hydrogen-bond donors (Lipinski definition) is 0. The molecular weight excluding hydrogens is 148 g/mol. The van der Waals surface area contributed by atoms with E-state index in [4.69, 9.17) is 4.74 Å². The van der Waals surface area contributed by atoms with Gasteiger partial charge in [-0.15, -0.1) is 0 Å². The van der Waals surface area contributed by atoms with Crippen LogP contribution in [0.2, 0.25) is 0 Å². The van der Waals surface area contributed by atoms with Crippen LogP contribution in [0, 0.1) is 5.92 Å². The van der Waals surface area contributed by atoms with Crippen molar-refractivity contribution in [2.24, 2.45) is 5.92 Å². The predicted octanol–water partition coefficient (Wildman–Crippen LogP) is 3.63. The lowest BCUT2D eigenvalue weighted by Gasteiger charge is -2.26. The first-order valence-electron chi connectivity index (χ1n) is 5.09. The van der Waals surface area contributed by atoms with E-state index in [0.29, 0.717) is 0 Å². The minimum Gasteiger partial charge on any atom is -0.379 e. The maximum Gasteiger partial charge on any atom is 0.0648 e. The Morgan fingerprint density at radius 1 is 1.33 bits per heavy atom. The van der Waals surface area contributed by atoms with Crippen molar-refractivity contribution in [2.75, 3.05) is 7.11 Å². The molecule has 0 aromatic heterocycles. The molecule has 0 amide bonds. The third-order valence-corrected chi connectivity index (χ3v) is 2.73. The van der Waals surface area contributed by atoms with Crippen molar-refractivity contribution in [3.63, 3.8) is 0 Å². The zero-order valence-electron chi connectivity index (χ0n) is 9.31. The summed E-state index contributed by atoms with van der Waals surface area (Å²) >= 11 is 0. The van der Waals surface area contributed by atoms with Crippen LogP contribution in [0.5, 0.6) is 0 Å². The van der Waals surface area contributed by atoms with Crippen molar-refractivity contribution in [2.45, 2.75) is 59.0 Å². The van der Waals surface area contributed by atoms with Crippen LogP contribution in [0.15, 0.2) is 0 Å². The fourth-order valence-electron chi connectivity index (χ4n) is 1.31. The van der Waals surface area contributed by atoms with Gasteiger partial charge in [0.15, 0.2) is 0 Å². The van der Waals surface area contributed by atoms with E-state index < -0.39 is 0 Å². The van der Waals surface area contributed by atoms with Gasteiger partial charge >= 0.3 is 0 Å². The summed E-state index contributed by atoms with van der Waals surface area (Å²) in [4.78, 5) is 0. The molecule has 0 aliphatic rings. The van der Waals surface area contributed by atoms with Crippen molar-refractivity contribution in [3.8, 4) is 0 Å². The van der Waals surface area contributed by atoms with Crippen molar-refractivity contribution < 1.29 is 4.74 Å². The van der Waals surface area contributed by atoms with E-state index in [1.165, 1.54) is 19.3 Å². The number of hydrogen-bond acceptors (Lipinski definition) is 1. The molecule has 0 saturated heterocycles. The molecule has 1 heteroatoms. The molecule has 0 unspecified atom stereocenters. The van der Waals surface area contributed by atoms with E-state index in [9.17, 15) is 0 Å². The highest BCUT2D eigenvalue weighted by Crippen LogP contribution is 2.22. The molecule has 0 N–H and O–H groups in total. The summed E-state index contributed by atoms with van der Waals surface area (Å²) in [6.07, 6.45) is 4.91. The fraction of sp³-hybridized carbons (Fsp3) is 1.00. The topological polar surface area (TPSA) is 9.23 Å². The zero-order chi connectivity index (χ0) is 9.61. The van der Waals surface area contributed by atoms with Crippen molar-refractivity contribution in [1.82, 2.24) is 0 Å². The molecule has 0 aromatic rings. The van der Waals surface area contributed by atoms with Gasteiger partial charge in [-0.05, 0) is 25.7 Å². The molecule has 0 aliphatic heterocycles. The van der Waals surface area contributed by atoms with Gasteiger partial charge in [0.25, 0.3) is 0 Å². The maximum absolute atomic E-state index is 5.47. The molecule has 12 heavy (non-hydrogen) atoms. The average Bonchev–Trinajstić information content (AvgIpc) is 2.03. The van der Waals surface area contributed by atoms with E-state index in [-0.39, 0.29) is 5.60 Å². The quantitative estimate of drug-likeness (QED) is 0.594. The SMILES string of the molecule is CC[C@](C)(CCCC(C)C)OC. The van der Waals surface area contributed by atoms with E-state index in [2.05, 4.69) is 27.7 Å². The van der Waals surface area contributed by atoms with Gasteiger partial charge in [0.05, 0.1) is 5.60 Å². The van der Waals surface area contributed by atoms with Gasteiger partial charge in [-0.2, -0.15) is 0 Å². The van der Waals surface area contributed by atoms with Crippen LogP contribution in [-0.2, 0) is 4.74 Å². The molecule has 0 aliphatic carbocycles. The molecule has 0 rings (SSSR count). The van der Waals surface area contributed by atoms with E-state index in [0.717, 1.165) is 12.3 Å². The second-order valence-corrected chi connectivity index (χ2v) is 4.29. The van der Waals surface area contributed by atoms with Crippen LogP contribution >= 0.6 is 0 Å². The van der Waals surface area contributed by atoms with E-state index >= 15 is 0 Å². The normalized spacial score (nSPS) is 16.5. The summed E-state index contributed by atoms with van der Waals surface area (Å²) < 4.78 is 5.47. The molecule has 0 radical (unpaired) electrons. The first-order chi connectivity index (χ1) is 5.54. The van der Waals surface area contributed by atoms with Crippen molar-refractivity contribution in [3.05, 3.63) is 0 Å². The highest BCUT2D eigenvalue weighted by Gasteiger charge is 2.19. The van der Waals surface area contributed by atoms with Crippen LogP contribution < -0.4 is 0 Å². The van der Waals surface area contributed by atoms with E-state index in [1.807, 2.05) is 7.11 Å². The van der Waals surface area contributed by atoms with Crippen LogP contribution in [-0.4, -0.2) is 12.7 Å². The Hall–Kier alpha value is -0.0400. The third kappa shape index (κ3) is 4.76. The largest absolute Gasteiger partial charge is 0.379 e. The lowest BCUT2D eigenvalue weighted by molar-refractivity contribution is -0.00664. The molecule has 74 valence electrons. The molecule has 0 spiro atoms. The standard InChI is InChI=1S/C11H24O/c1-6-11(4,12-5)9-7-8-10(2)3/h10H,6-9H2,1-5H3/t11-/m1/s1. The van der Waals surface area contributed by atoms with Crippen LogP contribution in [0.25, 0.3) is 0 Å². The second kappa shape index (κ2) is 5.58. The van der Waals surface area contributed by atoms with Gasteiger partial charge in [0.2, 0.25) is 0 Å². The summed E-state index contributed by atoms with van der Waals surface area (Å²) in [6.45, 7) is 8.94. The first kappa shape index (κ1) is 12.0. The van der Waals surface area contributed by atoms with E-state index in [1.54, 1.807) is 0 Å². The molecule has 0 aromatic carbocycles. The summed E-state index contributed by atoms with van der Waals surface area (Å²) in [6, 6.07) is 0.